The topological polar surface area (TPSA) is 47.3 Å². The van der Waals surface area contributed by atoms with E-state index in [0.717, 1.165) is 23.1 Å². The Morgan fingerprint density at radius 3 is 2.88 bits per heavy atom. The molecule has 0 spiro atoms. The van der Waals surface area contributed by atoms with Crippen LogP contribution in [0.2, 0.25) is 0 Å². The average molecular weight is 285 g/mol. The molecule has 1 aromatic rings. The van der Waals surface area contributed by atoms with Crippen LogP contribution in [0.4, 0.5) is 0 Å². The Hall–Kier alpha value is -0.840. The highest BCUT2D eigenvalue weighted by Crippen LogP contribution is 2.26. The fourth-order valence-corrected chi connectivity index (χ4v) is 2.12. The Kier molecular flexibility index (Phi) is 5.52. The number of hydrogen-bond donors (Lipinski definition) is 2. The summed E-state index contributed by atoms with van der Waals surface area (Å²) >= 11 is 3.46. The van der Waals surface area contributed by atoms with Crippen molar-refractivity contribution in [2.75, 3.05) is 7.11 Å². The van der Waals surface area contributed by atoms with Gasteiger partial charge in [0.25, 0.3) is 0 Å². The lowest BCUT2D eigenvalue weighted by molar-refractivity contribution is 0.412. The molecule has 88 valence electrons. The van der Waals surface area contributed by atoms with E-state index in [2.05, 4.69) is 27.9 Å². The number of halogens is 1. The van der Waals surface area contributed by atoms with Gasteiger partial charge < -0.3 is 4.74 Å². The van der Waals surface area contributed by atoms with Crippen molar-refractivity contribution in [3.05, 3.63) is 40.9 Å². The molecule has 3 N–H and O–H groups in total. The van der Waals surface area contributed by atoms with E-state index in [9.17, 15) is 0 Å². The largest absolute Gasteiger partial charge is 0.496 e. The van der Waals surface area contributed by atoms with Crippen LogP contribution in [-0.2, 0) is 6.42 Å². The molecule has 0 saturated carbocycles. The summed E-state index contributed by atoms with van der Waals surface area (Å²) in [4.78, 5) is 0. The number of hydrazine groups is 1. The summed E-state index contributed by atoms with van der Waals surface area (Å²) in [7, 11) is 1.65. The van der Waals surface area contributed by atoms with Crippen molar-refractivity contribution >= 4 is 15.9 Å². The van der Waals surface area contributed by atoms with Crippen molar-refractivity contribution < 1.29 is 4.74 Å². The van der Waals surface area contributed by atoms with E-state index < -0.39 is 0 Å². The Morgan fingerprint density at radius 2 is 2.38 bits per heavy atom. The molecule has 1 unspecified atom stereocenters. The van der Waals surface area contributed by atoms with Gasteiger partial charge in [-0.3, -0.25) is 11.3 Å². The van der Waals surface area contributed by atoms with Crippen molar-refractivity contribution in [3.63, 3.8) is 0 Å². The zero-order valence-electron chi connectivity index (χ0n) is 9.37. The van der Waals surface area contributed by atoms with Gasteiger partial charge in [0.15, 0.2) is 0 Å². The molecule has 0 aliphatic heterocycles. The molecule has 1 rings (SSSR count). The van der Waals surface area contributed by atoms with Crippen molar-refractivity contribution in [1.29, 1.82) is 0 Å². The molecule has 4 heteroatoms. The molecule has 16 heavy (non-hydrogen) atoms. The van der Waals surface area contributed by atoms with Crippen LogP contribution in [0.5, 0.6) is 5.75 Å². The first kappa shape index (κ1) is 13.2. The SMILES string of the molecule is C=CCC(Cc1ccc(OC)c(Br)c1)NN. The van der Waals surface area contributed by atoms with Gasteiger partial charge in [0.2, 0.25) is 0 Å². The second kappa shape index (κ2) is 6.68. The molecule has 1 aromatic carbocycles. The summed E-state index contributed by atoms with van der Waals surface area (Å²) < 4.78 is 6.14. The second-order valence-corrected chi connectivity index (χ2v) is 4.42. The third-order valence-corrected chi connectivity index (χ3v) is 3.00. The molecular formula is C12H17BrN2O. The Balaban J connectivity index is 2.73. The summed E-state index contributed by atoms with van der Waals surface area (Å²) in [5.74, 6) is 6.30. The van der Waals surface area contributed by atoms with Crippen LogP contribution in [-0.4, -0.2) is 13.2 Å². The van der Waals surface area contributed by atoms with Crippen LogP contribution in [0.1, 0.15) is 12.0 Å². The normalized spacial score (nSPS) is 12.2. The molecule has 0 saturated heterocycles. The lowest BCUT2D eigenvalue weighted by Gasteiger charge is -2.14. The zero-order chi connectivity index (χ0) is 12.0. The van der Waals surface area contributed by atoms with Crippen LogP contribution in [0.25, 0.3) is 0 Å². The van der Waals surface area contributed by atoms with E-state index >= 15 is 0 Å². The summed E-state index contributed by atoms with van der Waals surface area (Å²) in [6.07, 6.45) is 3.58. The highest BCUT2D eigenvalue weighted by Gasteiger charge is 2.07. The highest BCUT2D eigenvalue weighted by molar-refractivity contribution is 9.10. The highest BCUT2D eigenvalue weighted by atomic mass is 79.9. The minimum absolute atomic E-state index is 0.220. The van der Waals surface area contributed by atoms with Crippen LogP contribution < -0.4 is 16.0 Å². The first-order chi connectivity index (χ1) is 7.71. The Bertz CT molecular complexity index is 355. The van der Waals surface area contributed by atoms with Crippen LogP contribution in [0.15, 0.2) is 35.3 Å². The smallest absolute Gasteiger partial charge is 0.133 e. The van der Waals surface area contributed by atoms with E-state index in [4.69, 9.17) is 10.6 Å². The summed E-state index contributed by atoms with van der Waals surface area (Å²) in [5, 5.41) is 0. The van der Waals surface area contributed by atoms with Gasteiger partial charge >= 0.3 is 0 Å². The number of rotatable bonds is 6. The minimum atomic E-state index is 0.220. The molecular weight excluding hydrogens is 268 g/mol. The van der Waals surface area contributed by atoms with E-state index in [1.807, 2.05) is 24.3 Å². The Labute approximate surface area is 105 Å². The average Bonchev–Trinajstić information content (AvgIpc) is 2.28. The second-order valence-electron chi connectivity index (χ2n) is 3.56. The van der Waals surface area contributed by atoms with Crippen molar-refractivity contribution in [2.24, 2.45) is 5.84 Å². The van der Waals surface area contributed by atoms with Crippen LogP contribution in [0, 0.1) is 0 Å². The summed E-state index contributed by atoms with van der Waals surface area (Å²) in [6.45, 7) is 3.71. The summed E-state index contributed by atoms with van der Waals surface area (Å²) in [6, 6.07) is 6.25. The monoisotopic (exact) mass is 284 g/mol. The van der Waals surface area contributed by atoms with E-state index in [1.165, 1.54) is 5.56 Å². The predicted octanol–water partition coefficient (Wildman–Crippen LogP) is 2.41. The van der Waals surface area contributed by atoms with Crippen molar-refractivity contribution in [2.45, 2.75) is 18.9 Å². The fourth-order valence-electron chi connectivity index (χ4n) is 1.53. The van der Waals surface area contributed by atoms with Crippen molar-refractivity contribution in [1.82, 2.24) is 5.43 Å². The quantitative estimate of drug-likeness (QED) is 0.479. The molecule has 0 amide bonds. The maximum Gasteiger partial charge on any atom is 0.133 e. The predicted molar refractivity (Wildman–Crippen MR) is 70.3 cm³/mol. The van der Waals surface area contributed by atoms with Gasteiger partial charge in [-0.25, -0.2) is 0 Å². The molecule has 0 aromatic heterocycles. The molecule has 1 atom stereocenters. The standard InChI is InChI=1S/C12H17BrN2O/c1-3-4-10(15-14)7-9-5-6-12(16-2)11(13)8-9/h3,5-6,8,10,15H,1,4,7,14H2,2H3. The number of nitrogens with one attached hydrogen (secondary N) is 1. The first-order valence-electron chi connectivity index (χ1n) is 5.10. The van der Waals surface area contributed by atoms with Crippen LogP contribution in [0.3, 0.4) is 0 Å². The maximum atomic E-state index is 5.47. The van der Waals surface area contributed by atoms with Gasteiger partial charge in [0.05, 0.1) is 11.6 Å². The minimum Gasteiger partial charge on any atom is -0.496 e. The van der Waals surface area contributed by atoms with Gasteiger partial charge in [-0.1, -0.05) is 12.1 Å². The lowest BCUT2D eigenvalue weighted by Crippen LogP contribution is -2.36. The molecule has 0 aliphatic carbocycles. The molecule has 0 heterocycles. The van der Waals surface area contributed by atoms with Crippen LogP contribution >= 0.6 is 15.9 Å². The van der Waals surface area contributed by atoms with Gasteiger partial charge in [0.1, 0.15) is 5.75 Å². The first-order valence-corrected chi connectivity index (χ1v) is 5.90. The number of ether oxygens (including phenoxy) is 1. The van der Waals surface area contributed by atoms with E-state index in [1.54, 1.807) is 7.11 Å². The lowest BCUT2D eigenvalue weighted by atomic mass is 10.0. The van der Waals surface area contributed by atoms with E-state index in [0.29, 0.717) is 0 Å². The summed E-state index contributed by atoms with van der Waals surface area (Å²) in [5.41, 5.74) is 3.99. The fraction of sp³-hybridized carbons (Fsp3) is 0.333. The van der Waals surface area contributed by atoms with Crippen molar-refractivity contribution in [3.8, 4) is 5.75 Å². The zero-order valence-corrected chi connectivity index (χ0v) is 11.0. The van der Waals surface area contributed by atoms with E-state index in [-0.39, 0.29) is 6.04 Å². The molecule has 0 aliphatic rings. The van der Waals surface area contributed by atoms with Gasteiger partial charge in [-0.15, -0.1) is 6.58 Å². The third-order valence-electron chi connectivity index (χ3n) is 2.39. The molecule has 0 fully saturated rings. The number of methoxy groups -OCH3 is 1. The van der Waals surface area contributed by atoms with Gasteiger partial charge in [-0.05, 0) is 46.5 Å². The molecule has 0 bridgehead atoms. The number of nitrogens with two attached hydrogens (primary N) is 1. The number of benzene rings is 1. The maximum absolute atomic E-state index is 5.47. The molecule has 3 nitrogen and oxygen atoms in total. The Morgan fingerprint density at radius 1 is 1.62 bits per heavy atom. The van der Waals surface area contributed by atoms with Gasteiger partial charge in [-0.2, -0.15) is 0 Å². The van der Waals surface area contributed by atoms with Gasteiger partial charge in [0, 0.05) is 6.04 Å². The molecule has 0 radical (unpaired) electrons. The number of hydrogen-bond acceptors (Lipinski definition) is 3. The third kappa shape index (κ3) is 3.63.